The van der Waals surface area contributed by atoms with Crippen LogP contribution in [-0.2, 0) is 0 Å². The second-order valence-corrected chi connectivity index (χ2v) is 4.46. The molecule has 0 aromatic heterocycles. The van der Waals surface area contributed by atoms with Crippen molar-refractivity contribution < 1.29 is 9.13 Å². The maximum atomic E-state index is 13.5. The Hall–Kier alpha value is -1.45. The molecule has 1 aromatic carbocycles. The van der Waals surface area contributed by atoms with E-state index in [2.05, 4.69) is 5.32 Å². The topological polar surface area (TPSA) is 47.3 Å². The number of halogens is 1. The van der Waals surface area contributed by atoms with Gasteiger partial charge in [0.05, 0.1) is 17.5 Å². The van der Waals surface area contributed by atoms with E-state index in [9.17, 15) is 4.39 Å². The monoisotopic (exact) mass is 224 g/mol. The van der Waals surface area contributed by atoms with Crippen LogP contribution in [0.25, 0.3) is 0 Å². The van der Waals surface area contributed by atoms with E-state index in [0.29, 0.717) is 11.7 Å². The first kappa shape index (κ1) is 11.0. The molecule has 4 heteroatoms. The van der Waals surface area contributed by atoms with Gasteiger partial charge in [-0.25, -0.2) is 4.39 Å². The van der Waals surface area contributed by atoms with Crippen molar-refractivity contribution in [3.8, 4) is 5.75 Å². The van der Waals surface area contributed by atoms with Crippen LogP contribution in [0.5, 0.6) is 5.75 Å². The lowest BCUT2D eigenvalue weighted by Gasteiger charge is -2.14. The molecule has 1 aliphatic carbocycles. The molecular weight excluding hydrogens is 207 g/mol. The number of nitrogen functional groups attached to an aromatic ring is 1. The zero-order chi connectivity index (χ0) is 11.7. The third-order valence-electron chi connectivity index (χ3n) is 2.40. The Labute approximate surface area is 94.8 Å². The lowest BCUT2D eigenvalue weighted by molar-refractivity contribution is 0.231. The SMILES string of the molecule is CC(C)Oc1cc(NC2CC2)c(N)cc1F. The van der Waals surface area contributed by atoms with Gasteiger partial charge in [0, 0.05) is 18.2 Å². The highest BCUT2D eigenvalue weighted by Crippen LogP contribution is 2.32. The van der Waals surface area contributed by atoms with Gasteiger partial charge in [-0.2, -0.15) is 0 Å². The lowest BCUT2D eigenvalue weighted by atomic mass is 10.2. The van der Waals surface area contributed by atoms with E-state index in [1.54, 1.807) is 6.07 Å². The van der Waals surface area contributed by atoms with E-state index in [0.717, 1.165) is 18.5 Å². The lowest BCUT2D eigenvalue weighted by Crippen LogP contribution is -2.09. The zero-order valence-electron chi connectivity index (χ0n) is 9.59. The number of rotatable bonds is 4. The summed E-state index contributed by atoms with van der Waals surface area (Å²) < 4.78 is 18.9. The molecule has 0 atom stereocenters. The minimum atomic E-state index is -0.410. The fraction of sp³-hybridized carbons (Fsp3) is 0.500. The molecule has 1 aliphatic rings. The van der Waals surface area contributed by atoms with Gasteiger partial charge < -0.3 is 15.8 Å². The van der Waals surface area contributed by atoms with Crippen LogP contribution in [0.2, 0.25) is 0 Å². The van der Waals surface area contributed by atoms with Crippen LogP contribution in [0.15, 0.2) is 12.1 Å². The normalized spacial score (nSPS) is 15.2. The summed E-state index contributed by atoms with van der Waals surface area (Å²) in [4.78, 5) is 0. The summed E-state index contributed by atoms with van der Waals surface area (Å²) in [5.74, 6) is -0.153. The van der Waals surface area contributed by atoms with E-state index >= 15 is 0 Å². The van der Waals surface area contributed by atoms with Crippen LogP contribution in [0, 0.1) is 5.82 Å². The Balaban J connectivity index is 2.22. The van der Waals surface area contributed by atoms with Gasteiger partial charge in [0.25, 0.3) is 0 Å². The summed E-state index contributed by atoms with van der Waals surface area (Å²) in [6.45, 7) is 3.73. The average molecular weight is 224 g/mol. The maximum Gasteiger partial charge on any atom is 0.167 e. The molecule has 3 nitrogen and oxygen atoms in total. The first-order chi connectivity index (χ1) is 7.56. The quantitative estimate of drug-likeness (QED) is 0.773. The molecule has 1 aromatic rings. The number of benzene rings is 1. The fourth-order valence-corrected chi connectivity index (χ4v) is 1.49. The number of nitrogens with one attached hydrogen (secondary N) is 1. The minimum Gasteiger partial charge on any atom is -0.488 e. The second-order valence-electron chi connectivity index (χ2n) is 4.46. The summed E-state index contributed by atoms with van der Waals surface area (Å²) in [6.07, 6.45) is 2.25. The first-order valence-corrected chi connectivity index (χ1v) is 5.58. The standard InChI is InChI=1S/C12H17FN2O/c1-7(2)16-12-6-11(15-8-3-4-8)10(14)5-9(12)13/h5-8,15H,3-4,14H2,1-2H3. The van der Waals surface area contributed by atoms with E-state index in [1.807, 2.05) is 13.8 Å². The molecule has 3 N–H and O–H groups in total. The number of ether oxygens (including phenoxy) is 1. The van der Waals surface area contributed by atoms with Gasteiger partial charge in [-0.1, -0.05) is 0 Å². The number of nitrogens with two attached hydrogens (primary N) is 1. The summed E-state index contributed by atoms with van der Waals surface area (Å²) in [5, 5.41) is 3.25. The van der Waals surface area contributed by atoms with Crippen molar-refractivity contribution >= 4 is 11.4 Å². The van der Waals surface area contributed by atoms with Crippen molar-refractivity contribution in [2.75, 3.05) is 11.1 Å². The predicted octanol–water partition coefficient (Wildman–Crippen LogP) is 2.77. The molecule has 0 amide bonds. The summed E-state index contributed by atoms with van der Waals surface area (Å²) in [7, 11) is 0. The van der Waals surface area contributed by atoms with Crippen LogP contribution in [0.3, 0.4) is 0 Å². The highest BCUT2D eigenvalue weighted by Gasteiger charge is 2.22. The number of anilines is 2. The molecule has 1 saturated carbocycles. The van der Waals surface area contributed by atoms with E-state index in [-0.39, 0.29) is 11.9 Å². The Morgan fingerprint density at radius 1 is 1.44 bits per heavy atom. The molecule has 0 radical (unpaired) electrons. The number of hydrogen-bond acceptors (Lipinski definition) is 3. The van der Waals surface area contributed by atoms with Crippen LogP contribution < -0.4 is 15.8 Å². The van der Waals surface area contributed by atoms with Crippen LogP contribution in [0.1, 0.15) is 26.7 Å². The highest BCUT2D eigenvalue weighted by atomic mass is 19.1. The Bertz CT molecular complexity index is 364. The molecule has 0 heterocycles. The molecule has 0 spiro atoms. The Morgan fingerprint density at radius 3 is 2.69 bits per heavy atom. The van der Waals surface area contributed by atoms with Crippen molar-refractivity contribution in [1.29, 1.82) is 0 Å². The maximum absolute atomic E-state index is 13.5. The largest absolute Gasteiger partial charge is 0.488 e. The van der Waals surface area contributed by atoms with Crippen LogP contribution in [0.4, 0.5) is 15.8 Å². The minimum absolute atomic E-state index is 0.0492. The van der Waals surface area contributed by atoms with E-state index in [1.165, 1.54) is 6.07 Å². The third-order valence-corrected chi connectivity index (χ3v) is 2.40. The molecule has 2 rings (SSSR count). The molecule has 0 unspecified atom stereocenters. The van der Waals surface area contributed by atoms with Crippen molar-refractivity contribution in [3.05, 3.63) is 17.9 Å². The zero-order valence-corrected chi connectivity index (χ0v) is 9.59. The Morgan fingerprint density at radius 2 is 2.12 bits per heavy atom. The van der Waals surface area contributed by atoms with Crippen LogP contribution >= 0.6 is 0 Å². The summed E-state index contributed by atoms with van der Waals surface area (Å²) in [5.41, 5.74) is 6.93. The molecule has 0 bridgehead atoms. The summed E-state index contributed by atoms with van der Waals surface area (Å²) in [6, 6.07) is 3.44. The predicted molar refractivity (Wildman–Crippen MR) is 63.2 cm³/mol. The van der Waals surface area contributed by atoms with Crippen LogP contribution in [-0.4, -0.2) is 12.1 Å². The molecular formula is C12H17FN2O. The van der Waals surface area contributed by atoms with E-state index in [4.69, 9.17) is 10.5 Å². The average Bonchev–Trinajstić information content (AvgIpc) is 2.96. The van der Waals surface area contributed by atoms with Gasteiger partial charge in [-0.15, -0.1) is 0 Å². The van der Waals surface area contributed by atoms with Gasteiger partial charge in [0.1, 0.15) is 0 Å². The molecule has 0 saturated heterocycles. The molecule has 0 aliphatic heterocycles. The van der Waals surface area contributed by atoms with Gasteiger partial charge >= 0.3 is 0 Å². The second kappa shape index (κ2) is 4.20. The van der Waals surface area contributed by atoms with Gasteiger partial charge in [-0.3, -0.25) is 0 Å². The molecule has 1 fully saturated rings. The summed E-state index contributed by atoms with van der Waals surface area (Å²) >= 11 is 0. The van der Waals surface area contributed by atoms with Gasteiger partial charge in [-0.05, 0) is 26.7 Å². The third kappa shape index (κ3) is 2.56. The Kier molecular flexibility index (Phi) is 2.90. The van der Waals surface area contributed by atoms with Crippen molar-refractivity contribution in [2.24, 2.45) is 0 Å². The van der Waals surface area contributed by atoms with Crippen molar-refractivity contribution in [3.63, 3.8) is 0 Å². The van der Waals surface area contributed by atoms with Crippen molar-refractivity contribution in [2.45, 2.75) is 38.8 Å². The number of hydrogen-bond donors (Lipinski definition) is 2. The highest BCUT2D eigenvalue weighted by molar-refractivity contribution is 5.69. The van der Waals surface area contributed by atoms with Gasteiger partial charge in [0.15, 0.2) is 11.6 Å². The fourth-order valence-electron chi connectivity index (χ4n) is 1.49. The molecule has 88 valence electrons. The van der Waals surface area contributed by atoms with E-state index < -0.39 is 5.82 Å². The van der Waals surface area contributed by atoms with Gasteiger partial charge in [0.2, 0.25) is 0 Å². The molecule has 16 heavy (non-hydrogen) atoms. The van der Waals surface area contributed by atoms with Crippen molar-refractivity contribution in [1.82, 2.24) is 0 Å². The first-order valence-electron chi connectivity index (χ1n) is 5.58. The smallest absolute Gasteiger partial charge is 0.167 e.